The standard InChI is InChI=1S/C25H20F2N2O4/c1-14-6-7-16(21-13-22(33-29-21)25(31)32-2)12-18(14)15-8-10-17(11-9-15)28-24(30)23-19(26)4-3-5-20(23)27/h3-12,22H,13H2,1-2H3,(H,28,30). The molecule has 0 bridgehead atoms. The van der Waals surface area contributed by atoms with Gasteiger partial charge in [-0.05, 0) is 53.9 Å². The van der Waals surface area contributed by atoms with Crippen LogP contribution >= 0.6 is 0 Å². The van der Waals surface area contributed by atoms with E-state index in [4.69, 9.17) is 9.57 Å². The topological polar surface area (TPSA) is 77.0 Å². The van der Waals surface area contributed by atoms with Crippen LogP contribution < -0.4 is 5.32 Å². The molecule has 33 heavy (non-hydrogen) atoms. The number of aryl methyl sites for hydroxylation is 1. The van der Waals surface area contributed by atoms with Gasteiger partial charge in [0.15, 0.2) is 0 Å². The molecular weight excluding hydrogens is 430 g/mol. The zero-order valence-corrected chi connectivity index (χ0v) is 17.9. The maximum atomic E-state index is 13.8. The number of esters is 1. The normalized spacial score (nSPS) is 14.9. The lowest BCUT2D eigenvalue weighted by molar-refractivity contribution is -0.152. The van der Waals surface area contributed by atoms with Gasteiger partial charge in [0.25, 0.3) is 5.91 Å². The number of hydrogen-bond donors (Lipinski definition) is 1. The van der Waals surface area contributed by atoms with Gasteiger partial charge in [0.1, 0.15) is 17.2 Å². The van der Waals surface area contributed by atoms with Crippen LogP contribution in [0.5, 0.6) is 0 Å². The minimum Gasteiger partial charge on any atom is -0.466 e. The maximum Gasteiger partial charge on any atom is 0.350 e. The van der Waals surface area contributed by atoms with Crippen molar-refractivity contribution >= 4 is 23.3 Å². The average molecular weight is 450 g/mol. The third-order valence-electron chi connectivity index (χ3n) is 5.35. The fourth-order valence-corrected chi connectivity index (χ4v) is 3.56. The number of nitrogens with one attached hydrogen (secondary N) is 1. The molecule has 1 aliphatic heterocycles. The number of amides is 1. The highest BCUT2D eigenvalue weighted by atomic mass is 19.1. The lowest BCUT2D eigenvalue weighted by Gasteiger charge is -2.11. The molecule has 1 atom stereocenters. The van der Waals surface area contributed by atoms with Gasteiger partial charge in [0.2, 0.25) is 6.10 Å². The number of carbonyl (C=O) groups is 2. The van der Waals surface area contributed by atoms with Gasteiger partial charge < -0.3 is 14.9 Å². The van der Waals surface area contributed by atoms with Crippen LogP contribution in [0.1, 0.15) is 27.9 Å². The Morgan fingerprint density at radius 1 is 1.03 bits per heavy atom. The Bertz CT molecular complexity index is 1240. The molecule has 1 unspecified atom stereocenters. The van der Waals surface area contributed by atoms with Crippen molar-refractivity contribution < 1.29 is 27.9 Å². The molecule has 6 nitrogen and oxygen atoms in total. The van der Waals surface area contributed by atoms with E-state index >= 15 is 0 Å². The number of anilines is 1. The maximum absolute atomic E-state index is 13.8. The fraction of sp³-hybridized carbons (Fsp3) is 0.160. The molecule has 1 aliphatic rings. The summed E-state index contributed by atoms with van der Waals surface area (Å²) < 4.78 is 32.4. The van der Waals surface area contributed by atoms with Crippen LogP contribution in [-0.4, -0.2) is 30.8 Å². The summed E-state index contributed by atoms with van der Waals surface area (Å²) in [5, 5.41) is 6.53. The number of oxime groups is 1. The van der Waals surface area contributed by atoms with E-state index in [1.165, 1.54) is 13.2 Å². The van der Waals surface area contributed by atoms with E-state index in [9.17, 15) is 18.4 Å². The first-order valence-electron chi connectivity index (χ1n) is 10.1. The number of rotatable bonds is 5. The summed E-state index contributed by atoms with van der Waals surface area (Å²) in [6.07, 6.45) is -0.441. The quantitative estimate of drug-likeness (QED) is 0.564. The van der Waals surface area contributed by atoms with E-state index in [-0.39, 0.29) is 0 Å². The summed E-state index contributed by atoms with van der Waals surface area (Å²) >= 11 is 0. The largest absolute Gasteiger partial charge is 0.466 e. The lowest BCUT2D eigenvalue weighted by Crippen LogP contribution is -2.22. The Balaban J connectivity index is 1.53. The van der Waals surface area contributed by atoms with E-state index in [2.05, 4.69) is 10.5 Å². The third-order valence-corrected chi connectivity index (χ3v) is 5.35. The number of hydrogen-bond acceptors (Lipinski definition) is 5. The number of benzene rings is 3. The molecule has 1 heterocycles. The molecule has 0 aliphatic carbocycles. The van der Waals surface area contributed by atoms with Crippen LogP contribution in [0, 0.1) is 18.6 Å². The van der Waals surface area contributed by atoms with Gasteiger partial charge in [0.05, 0.1) is 12.8 Å². The molecule has 0 aromatic heterocycles. The summed E-state index contributed by atoms with van der Waals surface area (Å²) in [4.78, 5) is 29.2. The van der Waals surface area contributed by atoms with Crippen LogP contribution in [0.25, 0.3) is 11.1 Å². The predicted octanol–water partition coefficient (Wildman–Crippen LogP) is 4.86. The Morgan fingerprint density at radius 3 is 2.36 bits per heavy atom. The highest BCUT2D eigenvalue weighted by molar-refractivity contribution is 6.05. The summed E-state index contributed by atoms with van der Waals surface area (Å²) in [6, 6.07) is 15.9. The van der Waals surface area contributed by atoms with Crippen molar-refractivity contribution in [1.82, 2.24) is 0 Å². The Morgan fingerprint density at radius 2 is 1.70 bits per heavy atom. The minimum atomic E-state index is -0.926. The zero-order valence-electron chi connectivity index (χ0n) is 17.9. The summed E-state index contributed by atoms with van der Waals surface area (Å²) in [7, 11) is 1.30. The average Bonchev–Trinajstić information content (AvgIpc) is 3.30. The Labute approximate surface area is 188 Å². The summed E-state index contributed by atoms with van der Waals surface area (Å²) in [5.41, 5.74) is 4.03. The highest BCUT2D eigenvalue weighted by Crippen LogP contribution is 2.28. The first-order chi connectivity index (χ1) is 15.9. The van der Waals surface area contributed by atoms with E-state index < -0.39 is 35.2 Å². The Hall–Kier alpha value is -4.07. The van der Waals surface area contributed by atoms with Crippen LogP contribution in [0.2, 0.25) is 0 Å². The first-order valence-corrected chi connectivity index (χ1v) is 10.1. The molecule has 1 N–H and O–H groups in total. The summed E-state index contributed by atoms with van der Waals surface area (Å²) in [5.74, 6) is -3.19. The molecule has 0 saturated heterocycles. The molecule has 0 spiro atoms. The van der Waals surface area contributed by atoms with Crippen molar-refractivity contribution in [2.45, 2.75) is 19.4 Å². The zero-order chi connectivity index (χ0) is 23.5. The fourth-order valence-electron chi connectivity index (χ4n) is 3.56. The number of ether oxygens (including phenoxy) is 1. The van der Waals surface area contributed by atoms with E-state index in [0.717, 1.165) is 34.4 Å². The molecule has 0 fully saturated rings. The number of carbonyl (C=O) groups excluding carboxylic acids is 2. The van der Waals surface area contributed by atoms with Crippen molar-refractivity contribution in [3.8, 4) is 11.1 Å². The van der Waals surface area contributed by atoms with Gasteiger partial charge in [-0.15, -0.1) is 0 Å². The van der Waals surface area contributed by atoms with Gasteiger partial charge in [-0.1, -0.05) is 35.5 Å². The van der Waals surface area contributed by atoms with Gasteiger partial charge in [-0.25, -0.2) is 13.6 Å². The van der Waals surface area contributed by atoms with Gasteiger partial charge >= 0.3 is 5.97 Å². The molecule has 168 valence electrons. The Kier molecular flexibility index (Phi) is 6.17. The van der Waals surface area contributed by atoms with Gasteiger partial charge in [0, 0.05) is 17.7 Å². The van der Waals surface area contributed by atoms with Crippen LogP contribution in [0.15, 0.2) is 65.8 Å². The van der Waals surface area contributed by atoms with Crippen LogP contribution in [0.4, 0.5) is 14.5 Å². The van der Waals surface area contributed by atoms with Crippen molar-refractivity contribution in [2.24, 2.45) is 5.16 Å². The molecule has 3 aromatic rings. The molecular formula is C25H20F2N2O4. The second-order valence-electron chi connectivity index (χ2n) is 7.52. The van der Waals surface area contributed by atoms with E-state index in [1.54, 1.807) is 24.3 Å². The molecule has 1 amide bonds. The molecule has 3 aromatic carbocycles. The number of methoxy groups -OCH3 is 1. The van der Waals surface area contributed by atoms with Gasteiger partial charge in [-0.3, -0.25) is 4.79 Å². The van der Waals surface area contributed by atoms with Crippen molar-refractivity contribution in [1.29, 1.82) is 0 Å². The second-order valence-corrected chi connectivity index (χ2v) is 7.52. The first kappa shape index (κ1) is 22.1. The monoisotopic (exact) mass is 450 g/mol. The molecule has 0 saturated carbocycles. The molecule has 4 rings (SSSR count). The third kappa shape index (κ3) is 4.59. The number of halogens is 2. The van der Waals surface area contributed by atoms with E-state index in [1.807, 2.05) is 25.1 Å². The van der Waals surface area contributed by atoms with Gasteiger partial charge in [-0.2, -0.15) is 0 Å². The van der Waals surface area contributed by atoms with Crippen molar-refractivity contribution in [3.63, 3.8) is 0 Å². The summed E-state index contributed by atoms with van der Waals surface area (Å²) in [6.45, 7) is 1.96. The highest BCUT2D eigenvalue weighted by Gasteiger charge is 2.29. The smallest absolute Gasteiger partial charge is 0.350 e. The lowest BCUT2D eigenvalue weighted by atomic mass is 9.95. The number of nitrogens with zero attached hydrogens (tertiary/aromatic N) is 1. The predicted molar refractivity (Wildman–Crippen MR) is 119 cm³/mol. The molecule has 0 radical (unpaired) electrons. The second kappa shape index (κ2) is 9.20. The van der Waals surface area contributed by atoms with Crippen molar-refractivity contribution in [2.75, 3.05) is 12.4 Å². The van der Waals surface area contributed by atoms with E-state index in [0.29, 0.717) is 17.8 Å². The minimum absolute atomic E-state index is 0.312. The van der Waals surface area contributed by atoms with Crippen molar-refractivity contribution in [3.05, 3.63) is 89.0 Å². The van der Waals surface area contributed by atoms with Crippen LogP contribution in [0.3, 0.4) is 0 Å². The SMILES string of the molecule is COC(=O)C1CC(c2ccc(C)c(-c3ccc(NC(=O)c4c(F)cccc4F)cc3)c2)=NO1. The molecule has 8 heteroatoms. The van der Waals surface area contributed by atoms with Crippen LogP contribution in [-0.2, 0) is 14.4 Å².